The third kappa shape index (κ3) is 4.74. The number of amides is 1. The van der Waals surface area contributed by atoms with Crippen molar-refractivity contribution in [2.75, 3.05) is 5.32 Å². The number of nitrogens with one attached hydrogen (secondary N) is 1. The molecule has 1 aliphatic carbocycles. The second-order valence-electron chi connectivity index (χ2n) is 6.61. The molecule has 1 N–H and O–H groups in total. The van der Waals surface area contributed by atoms with E-state index in [-0.39, 0.29) is 12.3 Å². The van der Waals surface area contributed by atoms with Crippen LogP contribution in [0.25, 0.3) is 11.5 Å². The molecular weight excluding hydrogens is 362 g/mol. The van der Waals surface area contributed by atoms with E-state index in [0.29, 0.717) is 24.3 Å². The Morgan fingerprint density at radius 1 is 1.19 bits per heavy atom. The number of thiophene rings is 1. The molecule has 1 saturated carbocycles. The van der Waals surface area contributed by atoms with Gasteiger partial charge in [-0.25, -0.2) is 0 Å². The third-order valence-corrected chi connectivity index (χ3v) is 5.23. The zero-order valence-corrected chi connectivity index (χ0v) is 15.7. The fourth-order valence-corrected chi connectivity index (χ4v) is 3.75. The topological polar surface area (TPSA) is 77.2 Å². The van der Waals surface area contributed by atoms with Crippen LogP contribution < -0.4 is 10.1 Å². The number of hydrogen-bond acceptors (Lipinski definition) is 6. The first-order valence-electron chi connectivity index (χ1n) is 9.18. The standard InChI is InChI=1S/C20H21N3O3S/c24-18(9-10-19-22-23-20(26-19)14-11-12-27-13-14)21-15-5-7-17(8-6-15)25-16-3-1-2-4-16/h5-8,11-13,16H,1-4,9-10H2,(H,21,24). The van der Waals surface area contributed by atoms with Gasteiger partial charge in [0.05, 0.1) is 6.10 Å². The molecule has 0 bridgehead atoms. The van der Waals surface area contributed by atoms with Crippen LogP contribution in [0.2, 0.25) is 0 Å². The molecule has 27 heavy (non-hydrogen) atoms. The SMILES string of the molecule is O=C(CCc1nnc(-c2ccsc2)o1)Nc1ccc(OC2CCCC2)cc1. The lowest BCUT2D eigenvalue weighted by Gasteiger charge is -2.13. The van der Waals surface area contributed by atoms with E-state index < -0.39 is 0 Å². The molecule has 4 rings (SSSR count). The van der Waals surface area contributed by atoms with Crippen LogP contribution in [0.15, 0.2) is 45.5 Å². The lowest BCUT2D eigenvalue weighted by atomic mass is 10.2. The molecule has 1 aromatic carbocycles. The van der Waals surface area contributed by atoms with Gasteiger partial charge < -0.3 is 14.5 Å². The number of hydrogen-bond donors (Lipinski definition) is 1. The summed E-state index contributed by atoms with van der Waals surface area (Å²) in [5.74, 6) is 1.72. The Morgan fingerprint density at radius 3 is 2.74 bits per heavy atom. The van der Waals surface area contributed by atoms with Gasteiger partial charge in [-0.2, -0.15) is 11.3 Å². The molecule has 0 saturated heterocycles. The van der Waals surface area contributed by atoms with Crippen molar-refractivity contribution < 1.29 is 13.9 Å². The predicted molar refractivity (Wildman–Crippen MR) is 104 cm³/mol. The maximum Gasteiger partial charge on any atom is 0.248 e. The number of carbonyl (C=O) groups excluding carboxylic acids is 1. The van der Waals surface area contributed by atoms with Crippen molar-refractivity contribution in [3.8, 4) is 17.2 Å². The van der Waals surface area contributed by atoms with Gasteiger partial charge in [0.1, 0.15) is 5.75 Å². The average Bonchev–Trinajstić information content (AvgIpc) is 3.44. The zero-order chi connectivity index (χ0) is 18.5. The number of aromatic nitrogens is 2. The minimum atomic E-state index is -0.0882. The maximum absolute atomic E-state index is 12.2. The molecule has 140 valence electrons. The van der Waals surface area contributed by atoms with E-state index in [0.717, 1.165) is 29.8 Å². The van der Waals surface area contributed by atoms with E-state index in [1.165, 1.54) is 12.8 Å². The largest absolute Gasteiger partial charge is 0.490 e. The lowest BCUT2D eigenvalue weighted by molar-refractivity contribution is -0.116. The summed E-state index contributed by atoms with van der Waals surface area (Å²) in [7, 11) is 0. The van der Waals surface area contributed by atoms with Gasteiger partial charge in [0, 0.05) is 29.5 Å². The Balaban J connectivity index is 1.25. The first-order valence-corrected chi connectivity index (χ1v) is 10.1. The van der Waals surface area contributed by atoms with E-state index in [4.69, 9.17) is 9.15 Å². The second kappa shape index (κ2) is 8.35. The summed E-state index contributed by atoms with van der Waals surface area (Å²) >= 11 is 1.57. The fourth-order valence-electron chi connectivity index (χ4n) is 3.12. The van der Waals surface area contributed by atoms with Gasteiger partial charge in [0.15, 0.2) is 0 Å². The van der Waals surface area contributed by atoms with E-state index >= 15 is 0 Å². The normalized spacial score (nSPS) is 14.4. The summed E-state index contributed by atoms with van der Waals surface area (Å²) in [4.78, 5) is 12.2. The molecule has 2 heterocycles. The number of benzene rings is 1. The summed E-state index contributed by atoms with van der Waals surface area (Å²) in [5.41, 5.74) is 1.66. The maximum atomic E-state index is 12.2. The van der Waals surface area contributed by atoms with Gasteiger partial charge in [-0.3, -0.25) is 4.79 Å². The van der Waals surface area contributed by atoms with E-state index in [1.807, 2.05) is 41.1 Å². The molecular formula is C20H21N3O3S. The smallest absolute Gasteiger partial charge is 0.248 e. The molecule has 3 aromatic rings. The monoisotopic (exact) mass is 383 g/mol. The van der Waals surface area contributed by atoms with Crippen LogP contribution in [-0.2, 0) is 11.2 Å². The second-order valence-corrected chi connectivity index (χ2v) is 7.39. The molecule has 0 unspecified atom stereocenters. The molecule has 0 atom stereocenters. The van der Waals surface area contributed by atoms with Crippen LogP contribution in [0.5, 0.6) is 5.75 Å². The highest BCUT2D eigenvalue weighted by Gasteiger charge is 2.16. The van der Waals surface area contributed by atoms with Gasteiger partial charge in [-0.05, 0) is 61.4 Å². The Morgan fingerprint density at radius 2 is 2.00 bits per heavy atom. The summed E-state index contributed by atoms with van der Waals surface area (Å²) in [6.45, 7) is 0. The van der Waals surface area contributed by atoms with Gasteiger partial charge in [0.25, 0.3) is 0 Å². The Hall–Kier alpha value is -2.67. The predicted octanol–water partition coefficient (Wildman–Crippen LogP) is 4.69. The molecule has 7 heteroatoms. The van der Waals surface area contributed by atoms with Crippen molar-refractivity contribution in [2.24, 2.45) is 0 Å². The van der Waals surface area contributed by atoms with Crippen molar-refractivity contribution in [3.05, 3.63) is 47.0 Å². The number of rotatable bonds is 7. The molecule has 0 aliphatic heterocycles. The highest BCUT2D eigenvalue weighted by atomic mass is 32.1. The van der Waals surface area contributed by atoms with Crippen molar-refractivity contribution in [1.82, 2.24) is 10.2 Å². The highest BCUT2D eigenvalue weighted by molar-refractivity contribution is 7.08. The summed E-state index contributed by atoms with van der Waals surface area (Å²) in [6, 6.07) is 9.46. The van der Waals surface area contributed by atoms with E-state index in [1.54, 1.807) is 11.3 Å². The summed E-state index contributed by atoms with van der Waals surface area (Å²) < 4.78 is 11.5. The van der Waals surface area contributed by atoms with Crippen molar-refractivity contribution >= 4 is 22.9 Å². The molecule has 1 fully saturated rings. The van der Waals surface area contributed by atoms with Gasteiger partial charge >= 0.3 is 0 Å². The van der Waals surface area contributed by atoms with Crippen LogP contribution in [-0.4, -0.2) is 22.2 Å². The van der Waals surface area contributed by atoms with Crippen LogP contribution in [0.1, 0.15) is 38.0 Å². The minimum Gasteiger partial charge on any atom is -0.490 e. The van der Waals surface area contributed by atoms with Gasteiger partial charge in [-0.1, -0.05) is 0 Å². The summed E-state index contributed by atoms with van der Waals surface area (Å²) in [6.07, 6.45) is 5.77. The van der Waals surface area contributed by atoms with Crippen LogP contribution in [0.3, 0.4) is 0 Å². The molecule has 0 radical (unpaired) electrons. The number of aryl methyl sites for hydroxylation is 1. The Labute approximate surface area is 161 Å². The highest BCUT2D eigenvalue weighted by Crippen LogP contribution is 2.25. The third-order valence-electron chi connectivity index (χ3n) is 4.54. The molecule has 2 aromatic heterocycles. The minimum absolute atomic E-state index is 0.0882. The first-order chi connectivity index (χ1) is 13.3. The molecule has 6 nitrogen and oxygen atoms in total. The Bertz CT molecular complexity index is 868. The number of ether oxygens (including phenoxy) is 1. The van der Waals surface area contributed by atoms with Crippen molar-refractivity contribution in [2.45, 2.75) is 44.6 Å². The Kier molecular flexibility index (Phi) is 5.48. The van der Waals surface area contributed by atoms with Gasteiger partial charge in [0.2, 0.25) is 17.7 Å². The van der Waals surface area contributed by atoms with E-state index in [2.05, 4.69) is 15.5 Å². The fraction of sp³-hybridized carbons (Fsp3) is 0.350. The molecule has 0 spiro atoms. The first kappa shape index (κ1) is 17.7. The zero-order valence-electron chi connectivity index (χ0n) is 14.9. The van der Waals surface area contributed by atoms with Crippen LogP contribution in [0, 0.1) is 0 Å². The van der Waals surface area contributed by atoms with Gasteiger partial charge in [-0.15, -0.1) is 10.2 Å². The number of anilines is 1. The van der Waals surface area contributed by atoms with Crippen molar-refractivity contribution in [1.29, 1.82) is 0 Å². The van der Waals surface area contributed by atoms with Crippen LogP contribution in [0.4, 0.5) is 5.69 Å². The quantitative estimate of drug-likeness (QED) is 0.640. The number of nitrogens with zero attached hydrogens (tertiary/aromatic N) is 2. The number of carbonyl (C=O) groups is 1. The lowest BCUT2D eigenvalue weighted by Crippen LogP contribution is -2.13. The molecule has 1 aliphatic rings. The summed E-state index contributed by atoms with van der Waals surface area (Å²) in [5, 5.41) is 14.8. The van der Waals surface area contributed by atoms with E-state index in [9.17, 15) is 4.79 Å². The van der Waals surface area contributed by atoms with Crippen LogP contribution >= 0.6 is 11.3 Å². The average molecular weight is 383 g/mol. The molecule has 1 amide bonds. The van der Waals surface area contributed by atoms with Crippen molar-refractivity contribution in [3.63, 3.8) is 0 Å².